The summed E-state index contributed by atoms with van der Waals surface area (Å²) in [6, 6.07) is -0.812. The normalized spacial score (nSPS) is 19.5. The highest BCUT2D eigenvalue weighted by Crippen LogP contribution is 2.43. The minimum absolute atomic E-state index is 0.0380. The third kappa shape index (κ3) is 2.02. The van der Waals surface area contributed by atoms with E-state index in [1.807, 2.05) is 0 Å². The van der Waals surface area contributed by atoms with Gasteiger partial charge in [0.15, 0.2) is 5.82 Å². The SMILES string of the molecule is Cc1c(F)c(N)c([N+](=O)[O-])c2c(=O)c(C(=O)O)cn([C@@H]3C[C@@H]3F)c12. The van der Waals surface area contributed by atoms with Gasteiger partial charge in [-0.2, -0.15) is 0 Å². The van der Waals surface area contributed by atoms with Crippen molar-refractivity contribution in [3.05, 3.63) is 43.5 Å². The number of halogens is 2. The number of fused-ring (bicyclic) bond motifs is 1. The first kappa shape index (κ1) is 15.8. The fourth-order valence-corrected chi connectivity index (χ4v) is 2.82. The summed E-state index contributed by atoms with van der Waals surface area (Å²) < 4.78 is 28.9. The average molecular weight is 339 g/mol. The maximum Gasteiger partial charge on any atom is 0.341 e. The molecule has 1 aromatic carbocycles. The minimum Gasteiger partial charge on any atom is -0.477 e. The molecule has 0 unspecified atom stereocenters. The Labute approximate surface area is 132 Å². The summed E-state index contributed by atoms with van der Waals surface area (Å²) in [5.41, 5.74) is 1.24. The molecule has 1 saturated carbocycles. The van der Waals surface area contributed by atoms with Gasteiger partial charge in [0.1, 0.15) is 22.8 Å². The van der Waals surface area contributed by atoms with E-state index in [1.165, 1.54) is 6.92 Å². The molecule has 1 heterocycles. The van der Waals surface area contributed by atoms with Crippen molar-refractivity contribution < 1.29 is 23.6 Å². The number of anilines is 1. The predicted molar refractivity (Wildman–Crippen MR) is 79.5 cm³/mol. The summed E-state index contributed by atoms with van der Waals surface area (Å²) in [5, 5.41) is 19.8. The third-order valence-corrected chi connectivity index (χ3v) is 4.10. The number of hydrogen-bond acceptors (Lipinski definition) is 5. The molecule has 1 aromatic heterocycles. The molecule has 24 heavy (non-hydrogen) atoms. The Hall–Kier alpha value is -3.04. The van der Waals surface area contributed by atoms with Crippen molar-refractivity contribution in [3.8, 4) is 0 Å². The molecule has 3 N–H and O–H groups in total. The molecule has 1 fully saturated rings. The van der Waals surface area contributed by atoms with Crippen molar-refractivity contribution in [1.29, 1.82) is 0 Å². The van der Waals surface area contributed by atoms with Crippen molar-refractivity contribution in [2.75, 3.05) is 5.73 Å². The van der Waals surface area contributed by atoms with Gasteiger partial charge in [-0.1, -0.05) is 0 Å². The van der Waals surface area contributed by atoms with Crippen molar-refractivity contribution >= 4 is 28.2 Å². The molecule has 8 nitrogen and oxygen atoms in total. The fourth-order valence-electron chi connectivity index (χ4n) is 2.82. The number of carbonyl (C=O) groups is 1. The molecule has 1 aliphatic carbocycles. The number of alkyl halides is 1. The smallest absolute Gasteiger partial charge is 0.341 e. The van der Waals surface area contributed by atoms with E-state index in [2.05, 4.69) is 0 Å². The molecular weight excluding hydrogens is 328 g/mol. The number of aryl methyl sites for hydroxylation is 1. The number of carboxylic acids is 1. The molecule has 0 bridgehead atoms. The number of hydrogen-bond donors (Lipinski definition) is 2. The lowest BCUT2D eigenvalue weighted by molar-refractivity contribution is -0.382. The summed E-state index contributed by atoms with van der Waals surface area (Å²) in [5.74, 6) is -2.72. The number of rotatable bonds is 3. The number of carboxylic acid groups (broad SMARTS) is 1. The first-order chi connectivity index (χ1) is 11.2. The number of benzene rings is 1. The van der Waals surface area contributed by atoms with Gasteiger partial charge in [0.05, 0.1) is 16.5 Å². The van der Waals surface area contributed by atoms with E-state index < -0.39 is 56.7 Å². The zero-order valence-electron chi connectivity index (χ0n) is 12.2. The molecule has 2 aromatic rings. The third-order valence-electron chi connectivity index (χ3n) is 4.10. The number of nitro benzene ring substituents is 1. The number of pyridine rings is 1. The van der Waals surface area contributed by atoms with Crippen LogP contribution in [0.15, 0.2) is 11.0 Å². The highest BCUT2D eigenvalue weighted by Gasteiger charge is 2.41. The molecule has 0 amide bonds. The van der Waals surface area contributed by atoms with Gasteiger partial charge in [-0.15, -0.1) is 0 Å². The van der Waals surface area contributed by atoms with Gasteiger partial charge in [-0.3, -0.25) is 14.9 Å². The number of nitrogen functional groups attached to an aromatic ring is 1. The van der Waals surface area contributed by atoms with E-state index in [4.69, 9.17) is 10.8 Å². The summed E-state index contributed by atoms with van der Waals surface area (Å²) in [6.45, 7) is 1.24. The lowest BCUT2D eigenvalue weighted by Gasteiger charge is -2.15. The number of nitro groups is 1. The number of aromatic carboxylic acids is 1. The Morgan fingerprint density at radius 3 is 2.58 bits per heavy atom. The van der Waals surface area contributed by atoms with Crippen LogP contribution in [0.5, 0.6) is 0 Å². The lowest BCUT2D eigenvalue weighted by atomic mass is 10.0. The summed E-state index contributed by atoms with van der Waals surface area (Å²) in [4.78, 5) is 33.9. The Kier molecular flexibility index (Phi) is 3.29. The van der Waals surface area contributed by atoms with E-state index in [1.54, 1.807) is 0 Å². The molecule has 0 aliphatic heterocycles. The maximum atomic E-state index is 14.3. The highest BCUT2D eigenvalue weighted by atomic mass is 19.1. The molecular formula is C14H11F2N3O5. The number of nitrogens with zero attached hydrogens (tertiary/aromatic N) is 2. The van der Waals surface area contributed by atoms with Crippen molar-refractivity contribution in [1.82, 2.24) is 4.57 Å². The first-order valence-electron chi connectivity index (χ1n) is 6.84. The second-order valence-corrected chi connectivity index (χ2v) is 5.59. The fraction of sp³-hybridized carbons (Fsp3) is 0.286. The van der Waals surface area contributed by atoms with Gasteiger partial charge in [-0.25, -0.2) is 13.6 Å². The van der Waals surface area contributed by atoms with Crippen LogP contribution in [0.25, 0.3) is 10.9 Å². The Balaban J connectivity index is 2.62. The van der Waals surface area contributed by atoms with Crippen LogP contribution < -0.4 is 11.2 Å². The van der Waals surface area contributed by atoms with Crippen LogP contribution in [-0.4, -0.2) is 26.7 Å². The monoisotopic (exact) mass is 339 g/mol. The molecule has 0 radical (unpaired) electrons. The van der Waals surface area contributed by atoms with E-state index in [0.717, 1.165) is 10.8 Å². The van der Waals surface area contributed by atoms with Crippen molar-refractivity contribution in [3.63, 3.8) is 0 Å². The van der Waals surface area contributed by atoms with Gasteiger partial charge < -0.3 is 15.4 Å². The summed E-state index contributed by atoms with van der Waals surface area (Å²) in [6.07, 6.45) is -0.378. The molecule has 126 valence electrons. The minimum atomic E-state index is -1.62. The van der Waals surface area contributed by atoms with Gasteiger partial charge in [0.2, 0.25) is 5.43 Å². The topological polar surface area (TPSA) is 128 Å². The van der Waals surface area contributed by atoms with Gasteiger partial charge >= 0.3 is 11.7 Å². The largest absolute Gasteiger partial charge is 0.477 e. The second kappa shape index (κ2) is 4.98. The van der Waals surface area contributed by atoms with Crippen LogP contribution in [0.1, 0.15) is 28.4 Å². The summed E-state index contributed by atoms with van der Waals surface area (Å²) in [7, 11) is 0. The zero-order valence-corrected chi connectivity index (χ0v) is 12.2. The van der Waals surface area contributed by atoms with Crippen LogP contribution in [-0.2, 0) is 0 Å². The quantitative estimate of drug-likeness (QED) is 0.499. The van der Waals surface area contributed by atoms with E-state index >= 15 is 0 Å². The number of nitrogens with two attached hydrogens (primary N) is 1. The Bertz CT molecular complexity index is 985. The van der Waals surface area contributed by atoms with E-state index in [9.17, 15) is 28.5 Å². The molecule has 1 aliphatic rings. The van der Waals surface area contributed by atoms with Crippen molar-refractivity contribution in [2.45, 2.75) is 25.6 Å². The zero-order chi connectivity index (χ0) is 17.9. The predicted octanol–water partition coefficient (Wildman–Crippen LogP) is 1.92. The van der Waals surface area contributed by atoms with Crippen LogP contribution >= 0.6 is 0 Å². The molecule has 0 spiro atoms. The van der Waals surface area contributed by atoms with Crippen LogP contribution in [0.4, 0.5) is 20.2 Å². The van der Waals surface area contributed by atoms with E-state index in [-0.39, 0.29) is 17.5 Å². The van der Waals surface area contributed by atoms with Gasteiger partial charge in [0, 0.05) is 18.2 Å². The first-order valence-corrected chi connectivity index (χ1v) is 6.84. The standard InChI is InChI=1S/C14H11F2N3O5/c1-4-9(16)10(17)12(19(23)24)8-11(4)18(7-2-6(7)15)3-5(13(8)20)14(21)22/h3,6-7H,2,17H2,1H3,(H,21,22)/t6-,7+/m0/s1. The maximum absolute atomic E-state index is 14.3. The Morgan fingerprint density at radius 1 is 1.54 bits per heavy atom. The van der Waals surface area contributed by atoms with Crippen LogP contribution in [0, 0.1) is 22.9 Å². The second-order valence-electron chi connectivity index (χ2n) is 5.59. The molecule has 3 rings (SSSR count). The van der Waals surface area contributed by atoms with Crippen LogP contribution in [0.2, 0.25) is 0 Å². The molecule has 2 atom stereocenters. The van der Waals surface area contributed by atoms with E-state index in [0.29, 0.717) is 0 Å². The van der Waals surface area contributed by atoms with Crippen LogP contribution in [0.3, 0.4) is 0 Å². The average Bonchev–Trinajstić information content (AvgIpc) is 3.22. The molecule has 0 saturated heterocycles. The van der Waals surface area contributed by atoms with Crippen molar-refractivity contribution in [2.24, 2.45) is 0 Å². The van der Waals surface area contributed by atoms with Gasteiger partial charge in [-0.05, 0) is 6.92 Å². The van der Waals surface area contributed by atoms with Gasteiger partial charge in [0.25, 0.3) is 0 Å². The lowest BCUT2D eigenvalue weighted by Crippen LogP contribution is -2.21. The highest BCUT2D eigenvalue weighted by molar-refractivity contribution is 6.00. The summed E-state index contributed by atoms with van der Waals surface area (Å²) >= 11 is 0. The Morgan fingerprint density at radius 2 is 2.12 bits per heavy atom. The molecule has 10 heteroatoms. The number of aromatic nitrogens is 1.